The predicted molar refractivity (Wildman–Crippen MR) is 82.7 cm³/mol. The second kappa shape index (κ2) is 6.88. The van der Waals surface area contributed by atoms with Gasteiger partial charge in [0.25, 0.3) is 0 Å². The van der Waals surface area contributed by atoms with Gasteiger partial charge in [0, 0.05) is 12.2 Å². The van der Waals surface area contributed by atoms with Crippen molar-refractivity contribution in [3.05, 3.63) is 65.0 Å². The lowest BCUT2D eigenvalue weighted by molar-refractivity contribution is -0.119. The number of hydrogen-bond acceptors (Lipinski definition) is 2. The minimum Gasteiger partial charge on any atom is -0.376 e. The molecule has 4 heteroatoms. The smallest absolute Gasteiger partial charge is 0.239 e. The summed E-state index contributed by atoms with van der Waals surface area (Å²) in [6.07, 6.45) is 0. The fraction of sp³-hybridized carbons (Fsp3) is 0.235. The molecule has 0 spiro atoms. The molecule has 0 unspecified atom stereocenters. The number of halogens is 1. The van der Waals surface area contributed by atoms with Crippen molar-refractivity contribution >= 4 is 11.6 Å². The monoisotopic (exact) mass is 286 g/mol. The van der Waals surface area contributed by atoms with Gasteiger partial charge < -0.3 is 10.6 Å². The van der Waals surface area contributed by atoms with E-state index < -0.39 is 0 Å². The third-order valence-electron chi connectivity index (χ3n) is 3.25. The van der Waals surface area contributed by atoms with Crippen LogP contribution in [-0.4, -0.2) is 12.5 Å². The molecule has 2 N–H and O–H groups in total. The van der Waals surface area contributed by atoms with Gasteiger partial charge in [-0.1, -0.05) is 35.9 Å². The van der Waals surface area contributed by atoms with Crippen LogP contribution in [0, 0.1) is 19.7 Å². The molecule has 3 nitrogen and oxygen atoms in total. The minimum atomic E-state index is -0.317. The van der Waals surface area contributed by atoms with E-state index >= 15 is 0 Å². The molecule has 0 heterocycles. The fourth-order valence-corrected chi connectivity index (χ4v) is 1.93. The summed E-state index contributed by atoms with van der Waals surface area (Å²) in [5.74, 6) is -0.442. The van der Waals surface area contributed by atoms with Crippen molar-refractivity contribution in [2.24, 2.45) is 0 Å². The van der Waals surface area contributed by atoms with E-state index in [0.29, 0.717) is 12.2 Å². The molecule has 0 fully saturated rings. The molecule has 0 aliphatic rings. The van der Waals surface area contributed by atoms with Crippen molar-refractivity contribution in [3.63, 3.8) is 0 Å². The average Bonchev–Trinajstić information content (AvgIpc) is 2.47. The van der Waals surface area contributed by atoms with E-state index in [1.807, 2.05) is 38.1 Å². The number of rotatable bonds is 5. The zero-order chi connectivity index (χ0) is 15.2. The van der Waals surface area contributed by atoms with E-state index in [1.165, 1.54) is 17.7 Å². The van der Waals surface area contributed by atoms with Crippen molar-refractivity contribution in [2.45, 2.75) is 20.4 Å². The lowest BCUT2D eigenvalue weighted by Crippen LogP contribution is -2.29. The van der Waals surface area contributed by atoms with Crippen molar-refractivity contribution in [1.82, 2.24) is 5.32 Å². The Morgan fingerprint density at radius 1 is 1.10 bits per heavy atom. The van der Waals surface area contributed by atoms with Gasteiger partial charge in [0.2, 0.25) is 5.91 Å². The predicted octanol–water partition coefficient (Wildman–Crippen LogP) is 3.17. The first kappa shape index (κ1) is 15.0. The molecule has 21 heavy (non-hydrogen) atoms. The molecule has 0 aliphatic carbocycles. The van der Waals surface area contributed by atoms with Crippen LogP contribution in [0.15, 0.2) is 42.5 Å². The zero-order valence-electron chi connectivity index (χ0n) is 12.2. The number of hydrogen-bond donors (Lipinski definition) is 2. The molecule has 0 saturated heterocycles. The van der Waals surface area contributed by atoms with Gasteiger partial charge in [0.15, 0.2) is 0 Å². The third kappa shape index (κ3) is 4.60. The molecule has 1 amide bonds. The summed E-state index contributed by atoms with van der Waals surface area (Å²) in [4.78, 5) is 11.8. The van der Waals surface area contributed by atoms with Crippen LogP contribution < -0.4 is 10.6 Å². The Morgan fingerprint density at radius 3 is 2.52 bits per heavy atom. The van der Waals surface area contributed by atoms with Gasteiger partial charge in [0.05, 0.1) is 6.54 Å². The zero-order valence-corrected chi connectivity index (χ0v) is 12.2. The van der Waals surface area contributed by atoms with Gasteiger partial charge in [-0.3, -0.25) is 4.79 Å². The van der Waals surface area contributed by atoms with E-state index in [0.717, 1.165) is 11.1 Å². The molecule has 0 radical (unpaired) electrons. The Hall–Kier alpha value is -2.36. The number of carbonyl (C=O) groups excluding carboxylic acids is 1. The molecule has 0 saturated carbocycles. The third-order valence-corrected chi connectivity index (χ3v) is 3.25. The summed E-state index contributed by atoms with van der Waals surface area (Å²) in [6.45, 7) is 4.50. The Kier molecular flexibility index (Phi) is 4.93. The largest absolute Gasteiger partial charge is 0.376 e. The maximum Gasteiger partial charge on any atom is 0.239 e. The van der Waals surface area contributed by atoms with Crippen LogP contribution in [-0.2, 0) is 11.3 Å². The van der Waals surface area contributed by atoms with Gasteiger partial charge >= 0.3 is 0 Å². The van der Waals surface area contributed by atoms with Crippen LogP contribution in [0.25, 0.3) is 0 Å². The number of aryl methyl sites for hydroxylation is 2. The van der Waals surface area contributed by atoms with Crippen LogP contribution in [0.3, 0.4) is 0 Å². The van der Waals surface area contributed by atoms with Gasteiger partial charge in [-0.05, 0) is 37.1 Å². The molecule has 0 atom stereocenters. The highest BCUT2D eigenvalue weighted by molar-refractivity contribution is 5.80. The number of carbonyl (C=O) groups is 1. The van der Waals surface area contributed by atoms with E-state index in [-0.39, 0.29) is 18.3 Å². The van der Waals surface area contributed by atoms with Gasteiger partial charge in [-0.15, -0.1) is 0 Å². The second-order valence-electron chi connectivity index (χ2n) is 5.08. The van der Waals surface area contributed by atoms with Crippen LogP contribution in [0.4, 0.5) is 10.1 Å². The first-order chi connectivity index (χ1) is 10.0. The number of anilines is 1. The van der Waals surface area contributed by atoms with Gasteiger partial charge in [0.1, 0.15) is 5.82 Å². The molecule has 2 aromatic carbocycles. The number of amides is 1. The number of nitrogens with one attached hydrogen (secondary N) is 2. The topological polar surface area (TPSA) is 41.1 Å². The van der Waals surface area contributed by atoms with Crippen molar-refractivity contribution in [1.29, 1.82) is 0 Å². The SMILES string of the molecule is Cc1ccc(CNC(=O)CNc2cc(F)ccc2C)cc1. The van der Waals surface area contributed by atoms with Gasteiger partial charge in [-0.2, -0.15) is 0 Å². The highest BCUT2D eigenvalue weighted by atomic mass is 19.1. The van der Waals surface area contributed by atoms with E-state index in [4.69, 9.17) is 0 Å². The van der Waals surface area contributed by atoms with Crippen LogP contribution in [0.2, 0.25) is 0 Å². The van der Waals surface area contributed by atoms with E-state index in [1.54, 1.807) is 6.07 Å². The lowest BCUT2D eigenvalue weighted by atomic mass is 10.1. The number of benzene rings is 2. The molecule has 2 aromatic rings. The highest BCUT2D eigenvalue weighted by Gasteiger charge is 2.04. The normalized spacial score (nSPS) is 10.2. The summed E-state index contributed by atoms with van der Waals surface area (Å²) in [7, 11) is 0. The van der Waals surface area contributed by atoms with Gasteiger partial charge in [-0.25, -0.2) is 4.39 Å². The molecular weight excluding hydrogens is 267 g/mol. The maximum atomic E-state index is 13.1. The maximum absolute atomic E-state index is 13.1. The Labute approximate surface area is 124 Å². The first-order valence-electron chi connectivity index (χ1n) is 6.87. The van der Waals surface area contributed by atoms with E-state index in [2.05, 4.69) is 10.6 Å². The Balaban J connectivity index is 1.82. The molecular formula is C17H19FN2O. The Bertz CT molecular complexity index is 623. The minimum absolute atomic E-state index is 0.121. The van der Waals surface area contributed by atoms with Crippen LogP contribution in [0.1, 0.15) is 16.7 Å². The average molecular weight is 286 g/mol. The molecule has 0 aliphatic heterocycles. The van der Waals surface area contributed by atoms with Crippen LogP contribution >= 0.6 is 0 Å². The highest BCUT2D eigenvalue weighted by Crippen LogP contribution is 2.15. The molecule has 2 rings (SSSR count). The Morgan fingerprint density at radius 2 is 1.81 bits per heavy atom. The molecule has 0 bridgehead atoms. The lowest BCUT2D eigenvalue weighted by Gasteiger charge is -2.10. The standard InChI is InChI=1S/C17H19FN2O/c1-12-3-6-14(7-4-12)10-20-17(21)11-19-16-9-15(18)8-5-13(16)2/h3-9,19H,10-11H2,1-2H3,(H,20,21). The van der Waals surface area contributed by atoms with E-state index in [9.17, 15) is 9.18 Å². The van der Waals surface area contributed by atoms with Crippen molar-refractivity contribution in [3.8, 4) is 0 Å². The summed E-state index contributed by atoms with van der Waals surface area (Å²) in [5.41, 5.74) is 3.78. The quantitative estimate of drug-likeness (QED) is 0.886. The summed E-state index contributed by atoms with van der Waals surface area (Å²) in [6, 6.07) is 12.5. The summed E-state index contributed by atoms with van der Waals surface area (Å²) < 4.78 is 13.1. The molecule has 0 aromatic heterocycles. The second-order valence-corrected chi connectivity index (χ2v) is 5.08. The first-order valence-corrected chi connectivity index (χ1v) is 6.87. The fourth-order valence-electron chi connectivity index (χ4n) is 1.93. The van der Waals surface area contributed by atoms with Crippen LogP contribution in [0.5, 0.6) is 0 Å². The summed E-state index contributed by atoms with van der Waals surface area (Å²) in [5, 5.41) is 5.77. The van der Waals surface area contributed by atoms with Crippen molar-refractivity contribution < 1.29 is 9.18 Å². The molecule has 110 valence electrons. The van der Waals surface area contributed by atoms with Crippen molar-refractivity contribution in [2.75, 3.05) is 11.9 Å². The summed E-state index contributed by atoms with van der Waals surface area (Å²) >= 11 is 0.